The largest absolute Gasteiger partial charge is 0.468 e. The van der Waals surface area contributed by atoms with Gasteiger partial charge in [-0.3, -0.25) is 9.69 Å². The predicted molar refractivity (Wildman–Crippen MR) is 117 cm³/mol. The van der Waals surface area contributed by atoms with Crippen LogP contribution in [0, 0.1) is 5.82 Å². The topological polar surface area (TPSA) is 38.8 Å². The highest BCUT2D eigenvalue weighted by molar-refractivity contribution is 5.71. The van der Waals surface area contributed by atoms with E-state index >= 15 is 0 Å². The second-order valence-corrected chi connectivity index (χ2v) is 8.87. The summed E-state index contributed by atoms with van der Waals surface area (Å²) in [6, 6.07) is 6.74. The van der Waals surface area contributed by atoms with Crippen LogP contribution >= 0.6 is 0 Å². The highest BCUT2D eigenvalue weighted by atomic mass is 19.4. The van der Waals surface area contributed by atoms with Crippen LogP contribution in [0.4, 0.5) is 30.7 Å². The maximum absolute atomic E-state index is 13.6. The first kappa shape index (κ1) is 27.9. The molecule has 1 saturated carbocycles. The van der Waals surface area contributed by atoms with Crippen molar-refractivity contribution in [3.05, 3.63) is 70.5 Å². The van der Waals surface area contributed by atoms with Gasteiger partial charge in [0, 0.05) is 12.0 Å². The molecule has 0 spiro atoms. The van der Waals surface area contributed by atoms with Gasteiger partial charge < -0.3 is 9.47 Å². The molecule has 0 amide bonds. The number of carbonyl (C=O) groups excluding carboxylic acids is 1. The molecule has 0 saturated heterocycles. The molecule has 3 rings (SSSR count). The number of hydrogen-bond acceptors (Lipinski definition) is 4. The molecule has 0 aromatic heterocycles. The fourth-order valence-corrected chi connectivity index (χ4v) is 4.65. The molecule has 1 aliphatic rings. The van der Waals surface area contributed by atoms with E-state index in [0.29, 0.717) is 30.5 Å². The van der Waals surface area contributed by atoms with Crippen molar-refractivity contribution < 1.29 is 45.0 Å². The number of benzene rings is 2. The summed E-state index contributed by atoms with van der Waals surface area (Å²) in [6.07, 6.45) is -10.7. The molecule has 0 heterocycles. The SMILES string of the molecule is COC(=O)CN(C)C1CCC(O[C@@H](C)c2cc(C(F)(F)F)cc(C(F)(F)F)c2)C1c1ccc(F)cc1. The van der Waals surface area contributed by atoms with Crippen LogP contribution in [0.3, 0.4) is 0 Å². The lowest BCUT2D eigenvalue weighted by atomic mass is 9.91. The number of rotatable bonds is 7. The van der Waals surface area contributed by atoms with Crippen LogP contribution in [0.2, 0.25) is 0 Å². The van der Waals surface area contributed by atoms with Crippen molar-refractivity contribution in [2.75, 3.05) is 20.7 Å². The summed E-state index contributed by atoms with van der Waals surface area (Å²) in [5.74, 6) is -1.36. The van der Waals surface area contributed by atoms with Crippen LogP contribution in [-0.2, 0) is 26.6 Å². The molecule has 198 valence electrons. The lowest BCUT2D eigenvalue weighted by Gasteiger charge is -2.33. The first-order valence-electron chi connectivity index (χ1n) is 11.2. The van der Waals surface area contributed by atoms with Crippen molar-refractivity contribution in [2.45, 2.75) is 56.3 Å². The van der Waals surface area contributed by atoms with Crippen LogP contribution in [0.1, 0.15) is 54.0 Å². The normalized spacial score (nSPS) is 21.6. The van der Waals surface area contributed by atoms with Gasteiger partial charge >= 0.3 is 18.3 Å². The number of hydrogen-bond donors (Lipinski definition) is 0. The van der Waals surface area contributed by atoms with Crippen molar-refractivity contribution in [3.63, 3.8) is 0 Å². The summed E-state index contributed by atoms with van der Waals surface area (Å²) in [4.78, 5) is 13.6. The third-order valence-electron chi connectivity index (χ3n) is 6.45. The van der Waals surface area contributed by atoms with Gasteiger partial charge in [-0.2, -0.15) is 26.3 Å². The van der Waals surface area contributed by atoms with Crippen LogP contribution in [0.25, 0.3) is 0 Å². The molecule has 2 aromatic carbocycles. The average molecular weight is 521 g/mol. The average Bonchev–Trinajstić information content (AvgIpc) is 3.21. The number of esters is 1. The van der Waals surface area contributed by atoms with Gasteiger partial charge in [-0.25, -0.2) is 4.39 Å². The third-order valence-corrected chi connectivity index (χ3v) is 6.45. The lowest BCUT2D eigenvalue weighted by molar-refractivity contribution is -0.144. The predicted octanol–water partition coefficient (Wildman–Crippen LogP) is 6.36. The van der Waals surface area contributed by atoms with Gasteiger partial charge in [0.15, 0.2) is 0 Å². The summed E-state index contributed by atoms with van der Waals surface area (Å²) < 4.78 is 104. The number of likely N-dealkylation sites (N-methyl/N-ethyl adjacent to an activating group) is 1. The van der Waals surface area contributed by atoms with E-state index in [1.54, 1.807) is 24.1 Å². The zero-order valence-corrected chi connectivity index (χ0v) is 19.8. The van der Waals surface area contributed by atoms with Crippen molar-refractivity contribution in [1.82, 2.24) is 4.90 Å². The van der Waals surface area contributed by atoms with Gasteiger partial charge in [-0.1, -0.05) is 12.1 Å². The van der Waals surface area contributed by atoms with Gasteiger partial charge in [-0.05, 0) is 68.3 Å². The Bertz CT molecular complexity index is 1020. The summed E-state index contributed by atoms with van der Waals surface area (Å²) in [6.45, 7) is 1.35. The fourth-order valence-electron chi connectivity index (χ4n) is 4.65. The number of methoxy groups -OCH3 is 1. The Balaban J connectivity index is 1.93. The van der Waals surface area contributed by atoms with E-state index < -0.39 is 53.4 Å². The summed E-state index contributed by atoms with van der Waals surface area (Å²) >= 11 is 0. The van der Waals surface area contributed by atoms with Crippen molar-refractivity contribution in [2.24, 2.45) is 0 Å². The second kappa shape index (κ2) is 10.8. The number of ether oxygens (including phenoxy) is 2. The van der Waals surface area contributed by atoms with Gasteiger partial charge in [0.25, 0.3) is 0 Å². The van der Waals surface area contributed by atoms with Crippen LogP contribution in [0.5, 0.6) is 0 Å². The fraction of sp³-hybridized carbons (Fsp3) is 0.480. The Morgan fingerprint density at radius 1 is 1.00 bits per heavy atom. The van der Waals surface area contributed by atoms with Crippen LogP contribution < -0.4 is 0 Å². The van der Waals surface area contributed by atoms with Gasteiger partial charge in [0.05, 0.1) is 37.0 Å². The number of alkyl halides is 6. The number of nitrogens with zero attached hydrogens (tertiary/aromatic N) is 1. The lowest BCUT2D eigenvalue weighted by Crippen LogP contribution is -2.40. The standard InChI is InChI=1S/C25H26F7NO3/c1-14(16-10-17(24(27,28)29)12-18(11-16)25(30,31)32)36-21-9-8-20(33(2)13-22(34)35-3)23(21)15-4-6-19(26)7-5-15/h4-7,10-12,14,20-21,23H,8-9,13H2,1-3H3/t14-,20?,21?,23?/m0/s1. The Morgan fingerprint density at radius 2 is 1.56 bits per heavy atom. The minimum atomic E-state index is -4.97. The number of carbonyl (C=O) groups is 1. The third kappa shape index (κ3) is 6.56. The highest BCUT2D eigenvalue weighted by Gasteiger charge is 2.42. The van der Waals surface area contributed by atoms with E-state index in [0.717, 1.165) is 0 Å². The molecule has 0 aliphatic heterocycles. The van der Waals surface area contributed by atoms with Crippen molar-refractivity contribution in [1.29, 1.82) is 0 Å². The van der Waals surface area contributed by atoms with E-state index in [9.17, 15) is 35.5 Å². The first-order chi connectivity index (χ1) is 16.7. The maximum atomic E-state index is 13.6. The molecule has 0 bridgehead atoms. The van der Waals surface area contributed by atoms with Gasteiger partial charge in [-0.15, -0.1) is 0 Å². The Hall–Kier alpha value is -2.66. The molecule has 4 nitrogen and oxygen atoms in total. The van der Waals surface area contributed by atoms with Gasteiger partial charge in [0.1, 0.15) is 5.82 Å². The van der Waals surface area contributed by atoms with E-state index in [-0.39, 0.29) is 24.2 Å². The molecule has 0 radical (unpaired) electrons. The Morgan fingerprint density at radius 3 is 2.06 bits per heavy atom. The highest BCUT2D eigenvalue weighted by Crippen LogP contribution is 2.43. The Kier molecular flexibility index (Phi) is 8.34. The quantitative estimate of drug-likeness (QED) is 0.314. The van der Waals surface area contributed by atoms with Gasteiger partial charge in [0.2, 0.25) is 0 Å². The zero-order valence-electron chi connectivity index (χ0n) is 19.8. The summed E-state index contributed by atoms with van der Waals surface area (Å²) in [7, 11) is 2.95. The molecule has 11 heteroatoms. The Labute approximate surface area is 204 Å². The molecule has 4 atom stereocenters. The van der Waals surface area contributed by atoms with E-state index in [4.69, 9.17) is 9.47 Å². The molecular formula is C25H26F7NO3. The van der Waals surface area contributed by atoms with E-state index in [1.165, 1.54) is 26.2 Å². The first-order valence-corrected chi connectivity index (χ1v) is 11.2. The molecule has 1 fully saturated rings. The van der Waals surface area contributed by atoms with Crippen molar-refractivity contribution >= 4 is 5.97 Å². The second-order valence-electron chi connectivity index (χ2n) is 8.87. The minimum absolute atomic E-state index is 0.0380. The smallest absolute Gasteiger partial charge is 0.416 e. The van der Waals surface area contributed by atoms with Crippen molar-refractivity contribution in [3.8, 4) is 0 Å². The van der Waals surface area contributed by atoms with E-state index in [1.807, 2.05) is 0 Å². The molecule has 0 N–H and O–H groups in total. The van der Waals surface area contributed by atoms with E-state index in [2.05, 4.69) is 0 Å². The minimum Gasteiger partial charge on any atom is -0.468 e. The number of halogens is 7. The molecule has 1 aliphatic carbocycles. The molecule has 3 unspecified atom stereocenters. The van der Waals surface area contributed by atoms with Crippen LogP contribution in [0.15, 0.2) is 42.5 Å². The molecule has 2 aromatic rings. The van der Waals surface area contributed by atoms with Crippen LogP contribution in [-0.4, -0.2) is 43.7 Å². The zero-order chi connectivity index (χ0) is 26.8. The molecular weight excluding hydrogens is 495 g/mol. The monoisotopic (exact) mass is 521 g/mol. The summed E-state index contributed by atoms with van der Waals surface area (Å²) in [5, 5.41) is 0. The maximum Gasteiger partial charge on any atom is 0.416 e. The summed E-state index contributed by atoms with van der Waals surface area (Å²) in [5.41, 5.74) is -2.42. The molecule has 36 heavy (non-hydrogen) atoms.